The Morgan fingerprint density at radius 3 is 1.97 bits per heavy atom. The molecule has 0 unspecified atom stereocenters. The van der Waals surface area contributed by atoms with Gasteiger partial charge in [0.25, 0.3) is 0 Å². The molecule has 0 radical (unpaired) electrons. The summed E-state index contributed by atoms with van der Waals surface area (Å²) >= 11 is 3.14. The van der Waals surface area contributed by atoms with Crippen molar-refractivity contribution in [1.82, 2.24) is 5.32 Å². The van der Waals surface area contributed by atoms with Gasteiger partial charge in [-0.05, 0) is 45.0 Å². The normalized spacial score (nSPS) is 18.6. The lowest BCUT2D eigenvalue weighted by Gasteiger charge is -2.22. The fourth-order valence-corrected chi connectivity index (χ4v) is 4.89. The van der Waals surface area contributed by atoms with Crippen LogP contribution in [0.25, 0.3) is 0 Å². The van der Waals surface area contributed by atoms with Crippen LogP contribution in [0.5, 0.6) is 0 Å². The van der Waals surface area contributed by atoms with Gasteiger partial charge in [-0.1, -0.05) is 31.7 Å². The minimum Gasteiger partial charge on any atom is -0.444 e. The van der Waals surface area contributed by atoms with E-state index in [1.807, 2.05) is 48.5 Å². The van der Waals surface area contributed by atoms with E-state index in [1.165, 1.54) is 11.8 Å². The number of thioether (sulfide) groups is 2. The molecule has 0 saturated heterocycles. The third kappa shape index (κ3) is 9.29. The molecule has 2 atom stereocenters. The Kier molecular flexibility index (Phi) is 11.9. The van der Waals surface area contributed by atoms with Gasteiger partial charge in [-0.2, -0.15) is 0 Å². The largest absolute Gasteiger partial charge is 0.444 e. The van der Waals surface area contributed by atoms with Gasteiger partial charge in [0.15, 0.2) is 0 Å². The maximum absolute atomic E-state index is 12.1. The molecular weight excluding hydrogens is 508 g/mol. The molecule has 0 fully saturated rings. The molecule has 5 N–H and O–H groups in total. The number of anilines is 2. The number of ether oxygens (including phenoxy) is 1. The number of halogens is 1. The van der Waals surface area contributed by atoms with Crippen LogP contribution in [0.4, 0.5) is 16.2 Å². The van der Waals surface area contributed by atoms with Crippen molar-refractivity contribution in [2.75, 3.05) is 22.1 Å². The summed E-state index contributed by atoms with van der Waals surface area (Å²) in [7, 11) is 0. The molecule has 192 valence electrons. The summed E-state index contributed by atoms with van der Waals surface area (Å²) in [5, 5.41) is 8.20. The van der Waals surface area contributed by atoms with Gasteiger partial charge in [0.2, 0.25) is 11.8 Å². The molecular formula is C24H33ClN4O4S2. The minimum atomic E-state index is -0.609. The molecule has 0 bridgehead atoms. The van der Waals surface area contributed by atoms with Crippen LogP contribution in [-0.2, 0) is 14.3 Å². The zero-order chi connectivity index (χ0) is 24.0. The van der Waals surface area contributed by atoms with Crippen LogP contribution in [-0.4, -0.2) is 47.1 Å². The van der Waals surface area contributed by atoms with Crippen molar-refractivity contribution < 1.29 is 19.1 Å². The highest BCUT2D eigenvalue weighted by Gasteiger charge is 2.27. The van der Waals surface area contributed by atoms with Crippen molar-refractivity contribution in [3.8, 4) is 0 Å². The van der Waals surface area contributed by atoms with E-state index in [-0.39, 0.29) is 31.6 Å². The SMILES string of the molecule is C.CC(C)(C)OC(=O)N[C@H]1CSc2ccccc2NC1=O.Cl.N[C@H]1CSc2ccccc2NC1=O. The van der Waals surface area contributed by atoms with Crippen LogP contribution in [0.1, 0.15) is 28.2 Å². The molecule has 0 aliphatic carbocycles. The number of alkyl carbamates (subject to hydrolysis) is 1. The summed E-state index contributed by atoms with van der Waals surface area (Å²) < 4.78 is 5.17. The van der Waals surface area contributed by atoms with Crippen LogP contribution in [0.15, 0.2) is 58.3 Å². The average molecular weight is 541 g/mol. The Morgan fingerprint density at radius 1 is 0.943 bits per heavy atom. The second-order valence-electron chi connectivity index (χ2n) is 8.40. The summed E-state index contributed by atoms with van der Waals surface area (Å²) in [6, 6.07) is 14.3. The van der Waals surface area contributed by atoms with Gasteiger partial charge in [0.05, 0.1) is 17.4 Å². The molecule has 2 aromatic rings. The number of benzene rings is 2. The fraction of sp³-hybridized carbons (Fsp3) is 0.375. The predicted octanol–water partition coefficient (Wildman–Crippen LogP) is 4.74. The summed E-state index contributed by atoms with van der Waals surface area (Å²) in [5.41, 5.74) is 6.68. The van der Waals surface area contributed by atoms with Crippen molar-refractivity contribution in [3.63, 3.8) is 0 Å². The summed E-state index contributed by atoms with van der Waals surface area (Å²) in [6.07, 6.45) is -0.579. The number of hydrogen-bond acceptors (Lipinski definition) is 7. The van der Waals surface area contributed by atoms with Crippen LogP contribution in [0.3, 0.4) is 0 Å². The average Bonchev–Trinajstić information content (AvgIpc) is 2.99. The van der Waals surface area contributed by atoms with Gasteiger partial charge in [0.1, 0.15) is 11.6 Å². The topological polar surface area (TPSA) is 123 Å². The first-order valence-corrected chi connectivity index (χ1v) is 12.4. The van der Waals surface area contributed by atoms with E-state index >= 15 is 0 Å². The highest BCUT2D eigenvalue weighted by Crippen LogP contribution is 2.31. The van der Waals surface area contributed by atoms with Crippen LogP contribution in [0.2, 0.25) is 0 Å². The number of rotatable bonds is 1. The van der Waals surface area contributed by atoms with Crippen molar-refractivity contribution in [2.45, 2.75) is 55.7 Å². The number of carbonyl (C=O) groups is 3. The Labute approximate surface area is 221 Å². The maximum atomic E-state index is 12.1. The number of amides is 3. The van der Waals surface area contributed by atoms with Gasteiger partial charge >= 0.3 is 6.09 Å². The third-order valence-electron chi connectivity index (χ3n) is 4.46. The first kappa shape index (κ1) is 30.6. The van der Waals surface area contributed by atoms with Gasteiger partial charge in [0, 0.05) is 21.3 Å². The Hall–Kier alpha value is -2.40. The number of fused-ring (bicyclic) bond motifs is 2. The van der Waals surface area contributed by atoms with Gasteiger partial charge < -0.3 is 26.4 Å². The zero-order valence-electron chi connectivity index (χ0n) is 19.1. The summed E-state index contributed by atoms with van der Waals surface area (Å²) in [6.45, 7) is 5.35. The first-order chi connectivity index (χ1) is 15.6. The van der Waals surface area contributed by atoms with E-state index in [0.717, 1.165) is 21.2 Å². The van der Waals surface area contributed by atoms with Gasteiger partial charge in [-0.25, -0.2) is 4.79 Å². The highest BCUT2D eigenvalue weighted by molar-refractivity contribution is 7.99. The lowest BCUT2D eigenvalue weighted by Crippen LogP contribution is -2.46. The maximum Gasteiger partial charge on any atom is 0.408 e. The molecule has 11 heteroatoms. The second-order valence-corrected chi connectivity index (χ2v) is 10.5. The Balaban J connectivity index is 0.000000356. The molecule has 2 aliphatic rings. The molecule has 0 saturated carbocycles. The minimum absolute atomic E-state index is 0. The number of hydrogen-bond donors (Lipinski definition) is 4. The van der Waals surface area contributed by atoms with E-state index in [2.05, 4.69) is 16.0 Å². The van der Waals surface area contributed by atoms with Crippen LogP contribution < -0.4 is 21.7 Å². The van der Waals surface area contributed by atoms with E-state index in [1.54, 1.807) is 32.5 Å². The molecule has 35 heavy (non-hydrogen) atoms. The van der Waals surface area contributed by atoms with Crippen LogP contribution >= 0.6 is 35.9 Å². The highest BCUT2D eigenvalue weighted by atomic mass is 35.5. The molecule has 4 rings (SSSR count). The molecule has 2 aromatic carbocycles. The predicted molar refractivity (Wildman–Crippen MR) is 147 cm³/mol. The third-order valence-corrected chi connectivity index (χ3v) is 6.82. The zero-order valence-corrected chi connectivity index (χ0v) is 21.6. The molecule has 8 nitrogen and oxygen atoms in total. The summed E-state index contributed by atoms with van der Waals surface area (Å²) in [4.78, 5) is 37.2. The van der Waals surface area contributed by atoms with E-state index in [4.69, 9.17) is 10.5 Å². The number of nitrogens with one attached hydrogen (secondary N) is 3. The number of para-hydroxylation sites is 2. The van der Waals surface area contributed by atoms with Gasteiger partial charge in [-0.15, -0.1) is 35.9 Å². The van der Waals surface area contributed by atoms with Crippen molar-refractivity contribution >= 4 is 65.2 Å². The van der Waals surface area contributed by atoms with Crippen LogP contribution in [0, 0.1) is 0 Å². The molecule has 3 amide bonds. The fourth-order valence-electron chi connectivity index (χ4n) is 2.90. The van der Waals surface area contributed by atoms with Gasteiger partial charge in [-0.3, -0.25) is 9.59 Å². The molecule has 2 heterocycles. The molecule has 0 spiro atoms. The molecule has 2 aliphatic heterocycles. The number of nitrogens with two attached hydrogens (primary N) is 1. The smallest absolute Gasteiger partial charge is 0.408 e. The Bertz CT molecular complexity index is 1030. The monoisotopic (exact) mass is 540 g/mol. The standard InChI is InChI=1S/C14H18N2O3S.C9H10N2OS.CH4.ClH/c1-14(2,3)19-13(18)16-10-8-20-11-7-5-4-6-9(11)15-12(10)17;10-6-5-13-8-4-2-1-3-7(8)11-9(6)12;;/h4-7,10H,8H2,1-3H3,(H,15,17)(H,16,18);1-4,6H,5,10H2,(H,11,12);1H4;1H/t10-;6-;;/m00../s1. The van der Waals surface area contributed by atoms with E-state index in [0.29, 0.717) is 11.5 Å². The van der Waals surface area contributed by atoms with Crippen molar-refractivity contribution in [1.29, 1.82) is 0 Å². The molecule has 0 aromatic heterocycles. The lowest BCUT2D eigenvalue weighted by atomic mass is 10.2. The summed E-state index contributed by atoms with van der Waals surface area (Å²) in [5.74, 6) is 0.788. The Morgan fingerprint density at radius 2 is 1.43 bits per heavy atom. The van der Waals surface area contributed by atoms with Crippen molar-refractivity contribution in [2.24, 2.45) is 5.73 Å². The second kappa shape index (κ2) is 13.6. The van der Waals surface area contributed by atoms with Crippen molar-refractivity contribution in [3.05, 3.63) is 48.5 Å². The first-order valence-electron chi connectivity index (χ1n) is 10.4. The quantitative estimate of drug-likeness (QED) is 0.412. The van der Waals surface area contributed by atoms with E-state index < -0.39 is 23.8 Å². The van der Waals surface area contributed by atoms with E-state index in [9.17, 15) is 14.4 Å². The lowest BCUT2D eigenvalue weighted by molar-refractivity contribution is -0.118. The number of carbonyl (C=O) groups excluding carboxylic acids is 3.